The van der Waals surface area contributed by atoms with E-state index in [1.165, 1.54) is 0 Å². The van der Waals surface area contributed by atoms with E-state index >= 15 is 0 Å². The number of carboxylic acid groups (broad SMARTS) is 2. The van der Waals surface area contributed by atoms with E-state index in [4.69, 9.17) is 15.5 Å². The Kier molecular flexibility index (Phi) is 4.24. The zero-order valence-electron chi connectivity index (χ0n) is 6.26. The van der Waals surface area contributed by atoms with Crippen molar-refractivity contribution in [2.75, 3.05) is 0 Å². The molecule has 0 saturated heterocycles. The fraction of sp³-hybridized carbons (Fsp3) is 0.400. The van der Waals surface area contributed by atoms with Crippen molar-refractivity contribution >= 4 is 18.0 Å². The molecule has 13 heavy (non-hydrogen) atoms. The van der Waals surface area contributed by atoms with Crippen molar-refractivity contribution in [3.05, 3.63) is 0 Å². The molecule has 0 saturated carbocycles. The molecule has 74 valence electrons. The lowest BCUT2D eigenvalue weighted by atomic mass is 10.2. The molecule has 8 nitrogen and oxygen atoms in total. The lowest BCUT2D eigenvalue weighted by Gasteiger charge is -2.09. The third kappa shape index (κ3) is 4.58. The Bertz CT molecular complexity index is 209. The van der Waals surface area contributed by atoms with E-state index < -0.39 is 30.5 Å². The van der Waals surface area contributed by atoms with E-state index in [2.05, 4.69) is 4.89 Å². The van der Waals surface area contributed by atoms with E-state index in [0.717, 1.165) is 0 Å². The van der Waals surface area contributed by atoms with Crippen LogP contribution < -0.4 is 5.32 Å². The summed E-state index contributed by atoms with van der Waals surface area (Å²) in [6.07, 6.45) is -2.39. The highest BCUT2D eigenvalue weighted by Gasteiger charge is 2.25. The van der Waals surface area contributed by atoms with Crippen LogP contribution in [0.5, 0.6) is 0 Å². The van der Waals surface area contributed by atoms with Crippen molar-refractivity contribution in [1.82, 2.24) is 5.32 Å². The second-order valence-electron chi connectivity index (χ2n) is 2.01. The minimum atomic E-state index is -1.61. The molecule has 1 amide bonds. The Morgan fingerprint density at radius 1 is 1.31 bits per heavy atom. The highest BCUT2D eigenvalue weighted by Crippen LogP contribution is 1.94. The SMILES string of the molecule is O=C(O)C[C@H](NC(=O)O)C(=O)OO. The van der Waals surface area contributed by atoms with Crippen LogP contribution in [-0.2, 0) is 14.5 Å². The molecule has 0 unspecified atom stereocenters. The maximum absolute atomic E-state index is 10.5. The first-order valence-corrected chi connectivity index (χ1v) is 3.04. The van der Waals surface area contributed by atoms with Gasteiger partial charge in [-0.25, -0.2) is 9.59 Å². The number of hydrogen-bond donors (Lipinski definition) is 4. The summed E-state index contributed by atoms with van der Waals surface area (Å²) in [5, 5.41) is 25.8. The van der Waals surface area contributed by atoms with Crippen LogP contribution in [0.15, 0.2) is 0 Å². The van der Waals surface area contributed by atoms with Crippen molar-refractivity contribution < 1.29 is 34.7 Å². The molecule has 0 aliphatic heterocycles. The fourth-order valence-corrected chi connectivity index (χ4v) is 0.581. The predicted molar refractivity (Wildman–Crippen MR) is 35.9 cm³/mol. The predicted octanol–water partition coefficient (Wildman–Crippen LogP) is -0.886. The zero-order valence-corrected chi connectivity index (χ0v) is 6.26. The quantitative estimate of drug-likeness (QED) is 0.336. The number of carbonyl (C=O) groups is 3. The molecule has 0 spiro atoms. The molecule has 0 fully saturated rings. The Morgan fingerprint density at radius 2 is 1.85 bits per heavy atom. The summed E-state index contributed by atoms with van der Waals surface area (Å²) in [6, 6.07) is -1.61. The Labute approximate surface area is 71.7 Å². The monoisotopic (exact) mass is 193 g/mol. The van der Waals surface area contributed by atoms with Crippen LogP contribution in [0.4, 0.5) is 4.79 Å². The van der Waals surface area contributed by atoms with Crippen LogP contribution in [0.2, 0.25) is 0 Å². The molecule has 0 aromatic carbocycles. The fourth-order valence-electron chi connectivity index (χ4n) is 0.581. The van der Waals surface area contributed by atoms with Crippen LogP contribution in [0.1, 0.15) is 6.42 Å². The molecule has 0 aliphatic carbocycles. The number of hydrogen-bond acceptors (Lipinski definition) is 5. The van der Waals surface area contributed by atoms with Crippen LogP contribution >= 0.6 is 0 Å². The zero-order chi connectivity index (χ0) is 10.4. The van der Waals surface area contributed by atoms with Gasteiger partial charge in [0.2, 0.25) is 0 Å². The molecule has 0 aliphatic rings. The van der Waals surface area contributed by atoms with Gasteiger partial charge in [-0.05, 0) is 0 Å². The number of amides is 1. The standard InChI is InChI=1S/C5H7NO7/c7-3(8)1-2(4(9)13-12)6-5(10)11/h2,6,12H,1H2,(H,7,8)(H,10,11)/t2-/m0/s1. The largest absolute Gasteiger partial charge is 0.481 e. The van der Waals surface area contributed by atoms with Crippen LogP contribution in [-0.4, -0.2) is 39.5 Å². The van der Waals surface area contributed by atoms with Crippen LogP contribution in [0.25, 0.3) is 0 Å². The number of carboxylic acids is 1. The van der Waals surface area contributed by atoms with Crippen molar-refractivity contribution in [2.45, 2.75) is 12.5 Å². The third-order valence-electron chi connectivity index (χ3n) is 1.05. The first-order valence-electron chi connectivity index (χ1n) is 3.04. The number of nitrogens with one attached hydrogen (secondary N) is 1. The van der Waals surface area contributed by atoms with E-state index in [1.54, 1.807) is 5.32 Å². The normalized spacial score (nSPS) is 11.5. The summed E-state index contributed by atoms with van der Waals surface area (Å²) in [6.45, 7) is 0. The number of aliphatic carboxylic acids is 1. The Hall–Kier alpha value is -1.83. The molecule has 4 N–H and O–H groups in total. The minimum absolute atomic E-state index is 0.800. The molecule has 0 radical (unpaired) electrons. The second kappa shape index (κ2) is 4.93. The first-order chi connectivity index (χ1) is 5.97. The molecule has 0 rings (SSSR count). The highest BCUT2D eigenvalue weighted by molar-refractivity contribution is 5.84. The molecular formula is C5H7NO7. The van der Waals surface area contributed by atoms with Crippen molar-refractivity contribution in [3.63, 3.8) is 0 Å². The van der Waals surface area contributed by atoms with Gasteiger partial charge in [0.05, 0.1) is 6.42 Å². The Balaban J connectivity index is 4.26. The van der Waals surface area contributed by atoms with E-state index in [-0.39, 0.29) is 0 Å². The van der Waals surface area contributed by atoms with Gasteiger partial charge in [0.15, 0.2) is 0 Å². The summed E-state index contributed by atoms with van der Waals surface area (Å²) in [5.74, 6) is -2.77. The van der Waals surface area contributed by atoms with Gasteiger partial charge in [-0.2, -0.15) is 5.26 Å². The maximum Gasteiger partial charge on any atom is 0.405 e. The maximum atomic E-state index is 10.5. The summed E-state index contributed by atoms with van der Waals surface area (Å²) in [7, 11) is 0. The average Bonchev–Trinajstić information content (AvgIpc) is 2.00. The number of carbonyl (C=O) groups excluding carboxylic acids is 1. The van der Waals surface area contributed by atoms with Gasteiger partial charge in [-0.1, -0.05) is 0 Å². The van der Waals surface area contributed by atoms with Gasteiger partial charge in [-0.15, -0.1) is 0 Å². The number of rotatable bonds is 4. The van der Waals surface area contributed by atoms with Crippen molar-refractivity contribution in [2.24, 2.45) is 0 Å². The van der Waals surface area contributed by atoms with E-state index in [0.29, 0.717) is 0 Å². The summed E-state index contributed by atoms with van der Waals surface area (Å²) >= 11 is 0. The van der Waals surface area contributed by atoms with Crippen molar-refractivity contribution in [3.8, 4) is 0 Å². The molecule has 8 heteroatoms. The average molecular weight is 193 g/mol. The van der Waals surface area contributed by atoms with Gasteiger partial charge < -0.3 is 15.5 Å². The van der Waals surface area contributed by atoms with E-state index in [1.807, 2.05) is 0 Å². The van der Waals surface area contributed by atoms with Crippen LogP contribution in [0, 0.1) is 0 Å². The molecule has 0 bridgehead atoms. The summed E-state index contributed by atoms with van der Waals surface area (Å²) < 4.78 is 0. The van der Waals surface area contributed by atoms with Gasteiger partial charge in [0, 0.05) is 0 Å². The van der Waals surface area contributed by atoms with Gasteiger partial charge in [0.1, 0.15) is 6.04 Å². The van der Waals surface area contributed by atoms with Gasteiger partial charge in [-0.3, -0.25) is 9.68 Å². The molecule has 1 atom stereocenters. The smallest absolute Gasteiger partial charge is 0.405 e. The second-order valence-corrected chi connectivity index (χ2v) is 2.01. The summed E-state index contributed by atoms with van der Waals surface area (Å²) in [5.41, 5.74) is 0. The molecular weight excluding hydrogens is 186 g/mol. The lowest BCUT2D eigenvalue weighted by molar-refractivity contribution is -0.236. The third-order valence-corrected chi connectivity index (χ3v) is 1.05. The van der Waals surface area contributed by atoms with E-state index in [9.17, 15) is 14.4 Å². The topological polar surface area (TPSA) is 133 Å². The lowest BCUT2D eigenvalue weighted by Crippen LogP contribution is -2.42. The molecule has 0 aromatic rings. The molecule has 0 aromatic heterocycles. The highest BCUT2D eigenvalue weighted by atomic mass is 17.1. The van der Waals surface area contributed by atoms with Gasteiger partial charge >= 0.3 is 18.0 Å². The Morgan fingerprint density at radius 3 is 2.15 bits per heavy atom. The van der Waals surface area contributed by atoms with Crippen LogP contribution in [0.3, 0.4) is 0 Å². The van der Waals surface area contributed by atoms with Gasteiger partial charge in [0.25, 0.3) is 0 Å². The van der Waals surface area contributed by atoms with Crippen molar-refractivity contribution in [1.29, 1.82) is 0 Å². The molecule has 0 heterocycles. The summed E-state index contributed by atoms with van der Waals surface area (Å²) in [4.78, 5) is 33.8. The minimum Gasteiger partial charge on any atom is -0.481 e. The first kappa shape index (κ1) is 11.2.